The average Bonchev–Trinajstić information content (AvgIpc) is 3.04. The SMILES string of the molecule is CCSc1cccc(C(=O)N(CCN(C)C)c2nc3ccc(Cl)cc3s2)c1.Cl. The Morgan fingerprint density at radius 2 is 1.96 bits per heavy atom. The Hall–Kier alpha value is -1.31. The van der Waals surface area contributed by atoms with Crippen LogP contribution in [0.3, 0.4) is 0 Å². The molecule has 0 saturated heterocycles. The largest absolute Gasteiger partial charge is 0.308 e. The van der Waals surface area contributed by atoms with Crippen molar-refractivity contribution in [2.75, 3.05) is 37.8 Å². The number of halogens is 2. The van der Waals surface area contributed by atoms with Crippen LogP contribution in [0.15, 0.2) is 47.4 Å². The van der Waals surface area contributed by atoms with Gasteiger partial charge in [-0.15, -0.1) is 24.2 Å². The number of carbonyl (C=O) groups excluding carboxylic acids is 1. The molecule has 0 spiro atoms. The van der Waals surface area contributed by atoms with Crippen molar-refractivity contribution in [2.45, 2.75) is 11.8 Å². The van der Waals surface area contributed by atoms with Crippen molar-refractivity contribution in [3.05, 3.63) is 53.1 Å². The molecule has 0 N–H and O–H groups in total. The molecule has 0 bridgehead atoms. The first-order valence-corrected chi connectivity index (χ1v) is 10.9. The monoisotopic (exact) mass is 455 g/mol. The first kappa shape index (κ1) is 23.0. The van der Waals surface area contributed by atoms with E-state index in [4.69, 9.17) is 11.6 Å². The molecule has 3 rings (SSSR count). The number of hydrogen-bond donors (Lipinski definition) is 0. The molecule has 0 aliphatic heterocycles. The fraction of sp³-hybridized carbons (Fsp3) is 0.300. The van der Waals surface area contributed by atoms with Crippen molar-refractivity contribution in [1.82, 2.24) is 9.88 Å². The van der Waals surface area contributed by atoms with Crippen LogP contribution in [-0.4, -0.2) is 48.7 Å². The zero-order chi connectivity index (χ0) is 19.4. The van der Waals surface area contributed by atoms with Crippen molar-refractivity contribution in [3.63, 3.8) is 0 Å². The lowest BCUT2D eigenvalue weighted by Gasteiger charge is -2.22. The second-order valence-electron chi connectivity index (χ2n) is 6.33. The fourth-order valence-corrected chi connectivity index (χ4v) is 4.61. The maximum Gasteiger partial charge on any atom is 0.260 e. The van der Waals surface area contributed by atoms with Gasteiger partial charge in [0.2, 0.25) is 0 Å². The van der Waals surface area contributed by atoms with Crippen LogP contribution in [0.4, 0.5) is 5.13 Å². The molecule has 2 aromatic carbocycles. The van der Waals surface area contributed by atoms with Crippen LogP contribution in [0.2, 0.25) is 5.02 Å². The van der Waals surface area contributed by atoms with E-state index in [0.717, 1.165) is 27.4 Å². The molecule has 150 valence electrons. The Balaban J connectivity index is 0.00000280. The number of aromatic nitrogens is 1. The highest BCUT2D eigenvalue weighted by atomic mass is 35.5. The van der Waals surface area contributed by atoms with E-state index in [9.17, 15) is 4.79 Å². The van der Waals surface area contributed by atoms with Gasteiger partial charge in [0.25, 0.3) is 5.91 Å². The molecule has 1 heterocycles. The first-order chi connectivity index (χ1) is 13.0. The molecule has 3 aromatic rings. The number of fused-ring (bicyclic) bond motifs is 1. The van der Waals surface area contributed by atoms with Crippen LogP contribution in [0.25, 0.3) is 10.2 Å². The molecule has 0 radical (unpaired) electrons. The molecular weight excluding hydrogens is 433 g/mol. The average molecular weight is 456 g/mol. The van der Waals surface area contributed by atoms with Crippen LogP contribution in [-0.2, 0) is 0 Å². The zero-order valence-electron chi connectivity index (χ0n) is 16.0. The van der Waals surface area contributed by atoms with Crippen LogP contribution in [0, 0.1) is 0 Å². The number of likely N-dealkylation sites (N-methyl/N-ethyl adjacent to an activating group) is 1. The summed E-state index contributed by atoms with van der Waals surface area (Å²) < 4.78 is 0.982. The smallest absolute Gasteiger partial charge is 0.260 e. The van der Waals surface area contributed by atoms with Gasteiger partial charge in [0.05, 0.1) is 10.2 Å². The van der Waals surface area contributed by atoms with Gasteiger partial charge in [-0.1, -0.05) is 35.9 Å². The Bertz CT molecular complexity index is 946. The van der Waals surface area contributed by atoms with Crippen molar-refractivity contribution >= 4 is 68.4 Å². The number of benzene rings is 2. The molecule has 0 aliphatic rings. The summed E-state index contributed by atoms with van der Waals surface area (Å²) in [5.41, 5.74) is 1.54. The minimum Gasteiger partial charge on any atom is -0.308 e. The summed E-state index contributed by atoms with van der Waals surface area (Å²) in [6.07, 6.45) is 0. The van der Waals surface area contributed by atoms with E-state index in [2.05, 4.69) is 16.8 Å². The topological polar surface area (TPSA) is 36.4 Å². The standard InChI is InChI=1S/C20H22ClN3OS2.ClH/c1-4-26-16-7-5-6-14(12-16)19(25)24(11-10-23(2)3)20-22-17-9-8-15(21)13-18(17)27-20;/h5-9,12-13H,4,10-11H2,1-3H3;1H. The Morgan fingerprint density at radius 3 is 2.68 bits per heavy atom. The predicted molar refractivity (Wildman–Crippen MR) is 125 cm³/mol. The number of thiazole rings is 1. The molecule has 0 unspecified atom stereocenters. The van der Waals surface area contributed by atoms with Gasteiger partial charge in [-0.05, 0) is 56.2 Å². The molecule has 1 amide bonds. The number of hydrogen-bond acceptors (Lipinski definition) is 5. The molecule has 0 aliphatic carbocycles. The third-order valence-electron chi connectivity index (χ3n) is 3.98. The Labute approximate surface area is 185 Å². The van der Waals surface area contributed by atoms with E-state index in [-0.39, 0.29) is 18.3 Å². The Morgan fingerprint density at radius 1 is 1.18 bits per heavy atom. The van der Waals surface area contributed by atoms with Crippen molar-refractivity contribution in [2.24, 2.45) is 0 Å². The maximum absolute atomic E-state index is 13.3. The number of rotatable bonds is 7. The van der Waals surface area contributed by atoms with Crippen LogP contribution in [0.1, 0.15) is 17.3 Å². The Kier molecular flexibility index (Phi) is 8.58. The van der Waals surface area contributed by atoms with E-state index in [1.165, 1.54) is 11.3 Å². The van der Waals surface area contributed by atoms with Gasteiger partial charge in [0.15, 0.2) is 5.13 Å². The summed E-state index contributed by atoms with van der Waals surface area (Å²) >= 11 is 9.33. The molecule has 8 heteroatoms. The molecule has 0 fully saturated rings. The van der Waals surface area contributed by atoms with E-state index in [0.29, 0.717) is 22.3 Å². The number of anilines is 1. The van der Waals surface area contributed by atoms with Crippen molar-refractivity contribution in [3.8, 4) is 0 Å². The van der Waals surface area contributed by atoms with Gasteiger partial charge in [-0.25, -0.2) is 4.98 Å². The minimum absolute atomic E-state index is 0. The van der Waals surface area contributed by atoms with E-state index >= 15 is 0 Å². The summed E-state index contributed by atoms with van der Waals surface area (Å²) in [4.78, 5) is 22.9. The minimum atomic E-state index is -0.0273. The fourth-order valence-electron chi connectivity index (χ4n) is 2.63. The molecule has 4 nitrogen and oxygen atoms in total. The summed E-state index contributed by atoms with van der Waals surface area (Å²) in [5, 5.41) is 1.38. The summed E-state index contributed by atoms with van der Waals surface area (Å²) in [6.45, 7) is 3.44. The van der Waals surface area contributed by atoms with Gasteiger partial charge >= 0.3 is 0 Å². The number of amides is 1. The molecule has 0 saturated carbocycles. The van der Waals surface area contributed by atoms with Gasteiger partial charge in [0, 0.05) is 28.6 Å². The second-order valence-corrected chi connectivity index (χ2v) is 9.11. The molecular formula is C20H23Cl2N3OS2. The highest BCUT2D eigenvalue weighted by Crippen LogP contribution is 2.31. The number of nitrogens with zero attached hydrogens (tertiary/aromatic N) is 3. The number of carbonyl (C=O) groups is 1. The van der Waals surface area contributed by atoms with Crippen molar-refractivity contribution in [1.29, 1.82) is 0 Å². The zero-order valence-corrected chi connectivity index (χ0v) is 19.2. The van der Waals surface area contributed by atoms with Gasteiger partial charge < -0.3 is 4.90 Å². The van der Waals surface area contributed by atoms with E-state index < -0.39 is 0 Å². The van der Waals surface area contributed by atoms with Crippen LogP contribution < -0.4 is 4.90 Å². The van der Waals surface area contributed by atoms with Crippen molar-refractivity contribution < 1.29 is 4.79 Å². The summed E-state index contributed by atoms with van der Waals surface area (Å²) in [5.74, 6) is 0.946. The third-order valence-corrected chi connectivity index (χ3v) is 6.13. The third kappa shape index (κ3) is 5.61. The number of thioether (sulfide) groups is 1. The lowest BCUT2D eigenvalue weighted by molar-refractivity contribution is 0.0985. The normalized spacial score (nSPS) is 10.9. The maximum atomic E-state index is 13.3. The highest BCUT2D eigenvalue weighted by molar-refractivity contribution is 7.99. The lowest BCUT2D eigenvalue weighted by atomic mass is 10.2. The molecule has 28 heavy (non-hydrogen) atoms. The highest BCUT2D eigenvalue weighted by Gasteiger charge is 2.21. The summed E-state index contributed by atoms with van der Waals surface area (Å²) in [6, 6.07) is 13.4. The molecule has 0 atom stereocenters. The summed E-state index contributed by atoms with van der Waals surface area (Å²) in [7, 11) is 4.00. The second kappa shape index (κ2) is 10.5. The predicted octanol–water partition coefficient (Wildman–Crippen LogP) is 5.69. The van der Waals surface area contributed by atoms with E-state index in [1.54, 1.807) is 16.7 Å². The van der Waals surface area contributed by atoms with Gasteiger partial charge in [0.1, 0.15) is 0 Å². The molecule has 1 aromatic heterocycles. The van der Waals surface area contributed by atoms with E-state index in [1.807, 2.05) is 56.6 Å². The first-order valence-electron chi connectivity index (χ1n) is 8.73. The van der Waals surface area contributed by atoms with Crippen LogP contribution in [0.5, 0.6) is 0 Å². The van der Waals surface area contributed by atoms with Gasteiger partial charge in [-0.3, -0.25) is 9.69 Å². The van der Waals surface area contributed by atoms with Crippen LogP contribution >= 0.6 is 47.1 Å². The lowest BCUT2D eigenvalue weighted by Crippen LogP contribution is -2.36. The van der Waals surface area contributed by atoms with Gasteiger partial charge in [-0.2, -0.15) is 0 Å². The quantitative estimate of drug-likeness (QED) is 0.428.